The van der Waals surface area contributed by atoms with E-state index in [2.05, 4.69) is 30.6 Å². The van der Waals surface area contributed by atoms with Gasteiger partial charge in [0.1, 0.15) is 0 Å². The Morgan fingerprint density at radius 1 is 1.12 bits per heavy atom. The molecule has 16 heavy (non-hydrogen) atoms. The second kappa shape index (κ2) is 4.36. The number of rotatable bonds is 1. The summed E-state index contributed by atoms with van der Waals surface area (Å²) in [6.45, 7) is 10.7. The van der Waals surface area contributed by atoms with Crippen LogP contribution < -0.4 is 0 Å². The molecule has 0 aromatic heterocycles. The summed E-state index contributed by atoms with van der Waals surface area (Å²) in [4.78, 5) is 16.7. The van der Waals surface area contributed by atoms with Crippen LogP contribution in [0.2, 0.25) is 0 Å². The molecule has 2 heterocycles. The topological polar surface area (TPSA) is 23.6 Å². The number of hydrogen-bond donors (Lipinski definition) is 0. The fourth-order valence-corrected chi connectivity index (χ4v) is 2.77. The van der Waals surface area contributed by atoms with Crippen LogP contribution >= 0.6 is 0 Å². The fraction of sp³-hybridized carbons (Fsp3) is 0.923. The highest BCUT2D eigenvalue weighted by molar-refractivity contribution is 5.79. The van der Waals surface area contributed by atoms with Gasteiger partial charge in [0, 0.05) is 25.2 Å². The smallest absolute Gasteiger partial charge is 0.227 e. The van der Waals surface area contributed by atoms with Crippen molar-refractivity contribution in [2.75, 3.05) is 26.2 Å². The average Bonchev–Trinajstić information content (AvgIpc) is 2.87. The van der Waals surface area contributed by atoms with E-state index in [0.29, 0.717) is 5.91 Å². The molecule has 0 aliphatic carbocycles. The third-order valence-electron chi connectivity index (χ3n) is 3.90. The summed E-state index contributed by atoms with van der Waals surface area (Å²) >= 11 is 0. The van der Waals surface area contributed by atoms with Gasteiger partial charge in [-0.2, -0.15) is 0 Å². The monoisotopic (exact) mass is 224 g/mol. The molecule has 0 spiro atoms. The molecule has 0 N–H and O–H groups in total. The van der Waals surface area contributed by atoms with Gasteiger partial charge in [0.15, 0.2) is 0 Å². The van der Waals surface area contributed by atoms with Crippen LogP contribution in [-0.4, -0.2) is 47.4 Å². The van der Waals surface area contributed by atoms with Gasteiger partial charge < -0.3 is 4.90 Å². The highest BCUT2D eigenvalue weighted by atomic mass is 16.2. The molecule has 92 valence electrons. The van der Waals surface area contributed by atoms with Crippen molar-refractivity contribution in [1.29, 1.82) is 0 Å². The normalized spacial score (nSPS) is 27.7. The van der Waals surface area contributed by atoms with Crippen LogP contribution in [-0.2, 0) is 4.79 Å². The van der Waals surface area contributed by atoms with Crippen LogP contribution in [0.15, 0.2) is 0 Å². The molecule has 1 unspecified atom stereocenters. The van der Waals surface area contributed by atoms with Crippen molar-refractivity contribution in [1.82, 2.24) is 9.80 Å². The van der Waals surface area contributed by atoms with Crippen LogP contribution in [0.4, 0.5) is 0 Å². The van der Waals surface area contributed by atoms with Gasteiger partial charge in [0.2, 0.25) is 5.91 Å². The minimum absolute atomic E-state index is 0.208. The second-order valence-electron chi connectivity index (χ2n) is 6.13. The van der Waals surface area contributed by atoms with E-state index in [4.69, 9.17) is 0 Å². The van der Waals surface area contributed by atoms with Gasteiger partial charge in [-0.25, -0.2) is 0 Å². The quantitative estimate of drug-likeness (QED) is 0.677. The summed E-state index contributed by atoms with van der Waals surface area (Å²) in [7, 11) is 0. The molecule has 2 aliphatic rings. The highest BCUT2D eigenvalue weighted by Crippen LogP contribution is 2.26. The van der Waals surface area contributed by atoms with Crippen molar-refractivity contribution < 1.29 is 4.79 Å². The molecule has 2 saturated heterocycles. The molecule has 0 bridgehead atoms. The Morgan fingerprint density at radius 2 is 1.75 bits per heavy atom. The van der Waals surface area contributed by atoms with Gasteiger partial charge in [-0.05, 0) is 46.6 Å². The Balaban J connectivity index is 1.90. The average molecular weight is 224 g/mol. The van der Waals surface area contributed by atoms with Crippen molar-refractivity contribution in [3.63, 3.8) is 0 Å². The number of carbonyl (C=O) groups is 1. The number of likely N-dealkylation sites (tertiary alicyclic amines) is 2. The SMILES string of the molecule is CC(C)(C)N1CCC(C(=O)N2CCCC2)C1. The molecule has 3 heteroatoms. The zero-order valence-electron chi connectivity index (χ0n) is 10.8. The highest BCUT2D eigenvalue weighted by Gasteiger charge is 2.36. The van der Waals surface area contributed by atoms with Gasteiger partial charge in [-0.15, -0.1) is 0 Å². The van der Waals surface area contributed by atoms with Gasteiger partial charge in [0.05, 0.1) is 5.92 Å². The first-order chi connectivity index (χ1) is 7.48. The van der Waals surface area contributed by atoms with Crippen LogP contribution in [0.3, 0.4) is 0 Å². The van der Waals surface area contributed by atoms with Gasteiger partial charge in [-0.3, -0.25) is 9.69 Å². The molecule has 1 amide bonds. The second-order valence-corrected chi connectivity index (χ2v) is 6.13. The minimum atomic E-state index is 0.208. The standard InChI is InChI=1S/C13H24N2O/c1-13(2,3)15-9-6-11(10-15)12(16)14-7-4-5-8-14/h11H,4-10H2,1-3H3. The Labute approximate surface area is 98.8 Å². The van der Waals surface area contributed by atoms with Crippen LogP contribution in [0.5, 0.6) is 0 Å². The van der Waals surface area contributed by atoms with E-state index >= 15 is 0 Å². The molecule has 2 aliphatic heterocycles. The van der Waals surface area contributed by atoms with Crippen LogP contribution in [0, 0.1) is 5.92 Å². The third-order valence-corrected chi connectivity index (χ3v) is 3.90. The van der Waals surface area contributed by atoms with E-state index in [-0.39, 0.29) is 11.5 Å². The zero-order chi connectivity index (χ0) is 11.8. The summed E-state index contributed by atoms with van der Waals surface area (Å²) < 4.78 is 0. The van der Waals surface area contributed by atoms with E-state index in [1.54, 1.807) is 0 Å². The summed E-state index contributed by atoms with van der Waals surface area (Å²) in [6, 6.07) is 0. The van der Waals surface area contributed by atoms with Gasteiger partial charge in [-0.1, -0.05) is 0 Å². The first kappa shape index (κ1) is 11.9. The molecule has 2 fully saturated rings. The Morgan fingerprint density at radius 3 is 2.25 bits per heavy atom. The van der Waals surface area contributed by atoms with Crippen molar-refractivity contribution in [2.45, 2.75) is 45.6 Å². The summed E-state index contributed by atoms with van der Waals surface area (Å²) in [6.07, 6.45) is 3.44. The van der Waals surface area contributed by atoms with Gasteiger partial charge >= 0.3 is 0 Å². The number of amides is 1. The molecule has 0 radical (unpaired) electrons. The lowest BCUT2D eigenvalue weighted by atomic mass is 10.1. The van der Waals surface area contributed by atoms with Gasteiger partial charge in [0.25, 0.3) is 0 Å². The summed E-state index contributed by atoms with van der Waals surface area (Å²) in [5.74, 6) is 0.668. The van der Waals surface area contributed by atoms with E-state index in [1.165, 1.54) is 12.8 Å². The minimum Gasteiger partial charge on any atom is -0.342 e. The van der Waals surface area contributed by atoms with Crippen LogP contribution in [0.1, 0.15) is 40.0 Å². The number of hydrogen-bond acceptors (Lipinski definition) is 2. The zero-order valence-corrected chi connectivity index (χ0v) is 10.8. The molecule has 3 nitrogen and oxygen atoms in total. The lowest BCUT2D eigenvalue weighted by Gasteiger charge is -2.31. The molecule has 1 atom stereocenters. The van der Waals surface area contributed by atoms with Crippen LogP contribution in [0.25, 0.3) is 0 Å². The number of carbonyl (C=O) groups excluding carboxylic acids is 1. The maximum atomic E-state index is 12.2. The summed E-state index contributed by atoms with van der Waals surface area (Å²) in [5, 5.41) is 0. The van der Waals surface area contributed by atoms with Crippen molar-refractivity contribution in [3.8, 4) is 0 Å². The first-order valence-electron chi connectivity index (χ1n) is 6.52. The largest absolute Gasteiger partial charge is 0.342 e. The van der Waals surface area contributed by atoms with E-state index in [0.717, 1.165) is 32.6 Å². The van der Waals surface area contributed by atoms with Crippen molar-refractivity contribution in [3.05, 3.63) is 0 Å². The van der Waals surface area contributed by atoms with Crippen molar-refractivity contribution >= 4 is 5.91 Å². The predicted molar refractivity (Wildman–Crippen MR) is 65.2 cm³/mol. The van der Waals surface area contributed by atoms with Crippen molar-refractivity contribution in [2.24, 2.45) is 5.92 Å². The molecular formula is C13H24N2O. The Kier molecular flexibility index (Phi) is 3.24. The lowest BCUT2D eigenvalue weighted by molar-refractivity contribution is -0.134. The van der Waals surface area contributed by atoms with E-state index < -0.39 is 0 Å². The summed E-state index contributed by atoms with van der Waals surface area (Å²) in [5.41, 5.74) is 0.208. The van der Waals surface area contributed by atoms with E-state index in [1.807, 2.05) is 0 Å². The maximum Gasteiger partial charge on any atom is 0.227 e. The lowest BCUT2D eigenvalue weighted by Crippen LogP contribution is -2.41. The third kappa shape index (κ3) is 2.40. The Hall–Kier alpha value is -0.570. The molecule has 0 saturated carbocycles. The fourth-order valence-electron chi connectivity index (χ4n) is 2.77. The molecular weight excluding hydrogens is 200 g/mol. The predicted octanol–water partition coefficient (Wildman–Crippen LogP) is 1.73. The number of nitrogens with zero attached hydrogens (tertiary/aromatic N) is 2. The first-order valence-corrected chi connectivity index (χ1v) is 6.52. The van der Waals surface area contributed by atoms with E-state index in [9.17, 15) is 4.79 Å². The molecule has 2 rings (SSSR count). The maximum absolute atomic E-state index is 12.2. The molecule has 0 aromatic rings. The molecule has 0 aromatic carbocycles. The Bertz CT molecular complexity index is 264.